The number of carbonyl (C=O) groups is 1. The summed E-state index contributed by atoms with van der Waals surface area (Å²) in [6.45, 7) is 2.93. The van der Waals surface area contributed by atoms with Gasteiger partial charge in [0.1, 0.15) is 5.69 Å². The highest BCUT2D eigenvalue weighted by Gasteiger charge is 2.30. The smallest absolute Gasteiger partial charge is 0.271 e. The average Bonchev–Trinajstić information content (AvgIpc) is 3.15. The van der Waals surface area contributed by atoms with Crippen LogP contribution in [-0.4, -0.2) is 48.3 Å². The Kier molecular flexibility index (Phi) is 4.42. The molecule has 8 heteroatoms. The van der Waals surface area contributed by atoms with Gasteiger partial charge in [0.15, 0.2) is 0 Å². The molecular formula is C16H20N4O3S. The number of hydrogen-bond donors (Lipinski definition) is 2. The van der Waals surface area contributed by atoms with Gasteiger partial charge in [-0.15, -0.1) is 0 Å². The molecular weight excluding hydrogens is 328 g/mol. The topological polar surface area (TPSA) is 109 Å². The molecule has 0 spiro atoms. The highest BCUT2D eigenvalue weighted by Crippen LogP contribution is 2.22. The van der Waals surface area contributed by atoms with Crippen LogP contribution in [0.25, 0.3) is 11.3 Å². The first-order chi connectivity index (χ1) is 11.3. The van der Waals surface area contributed by atoms with E-state index >= 15 is 0 Å². The number of primary sulfonamides is 1. The van der Waals surface area contributed by atoms with Crippen LogP contribution in [0.4, 0.5) is 0 Å². The van der Waals surface area contributed by atoms with Crippen LogP contribution in [0.3, 0.4) is 0 Å². The normalized spacial score (nSPS) is 18.1. The van der Waals surface area contributed by atoms with Gasteiger partial charge in [-0.05, 0) is 25.3 Å². The van der Waals surface area contributed by atoms with E-state index in [1.165, 1.54) is 0 Å². The Morgan fingerprint density at radius 3 is 2.75 bits per heavy atom. The molecule has 2 heterocycles. The highest BCUT2D eigenvalue weighted by atomic mass is 32.2. The van der Waals surface area contributed by atoms with Crippen LogP contribution in [0.5, 0.6) is 0 Å². The fraction of sp³-hybridized carbons (Fsp3) is 0.375. The molecule has 0 radical (unpaired) electrons. The Bertz CT molecular complexity index is 842. The number of aryl methyl sites for hydroxylation is 1. The summed E-state index contributed by atoms with van der Waals surface area (Å²) in [6.07, 6.45) is 0.640. The van der Waals surface area contributed by atoms with Crippen molar-refractivity contribution < 1.29 is 13.2 Å². The Labute approximate surface area is 140 Å². The van der Waals surface area contributed by atoms with Gasteiger partial charge in [-0.1, -0.05) is 29.8 Å². The predicted octanol–water partition coefficient (Wildman–Crippen LogP) is 1.14. The van der Waals surface area contributed by atoms with E-state index in [2.05, 4.69) is 10.2 Å². The number of likely N-dealkylation sites (tertiary alicyclic amines) is 1. The molecule has 0 aliphatic carbocycles. The van der Waals surface area contributed by atoms with Gasteiger partial charge in [-0.3, -0.25) is 9.89 Å². The van der Waals surface area contributed by atoms with Crippen LogP contribution in [0.1, 0.15) is 22.5 Å². The third-order valence-corrected chi connectivity index (χ3v) is 5.13. The maximum atomic E-state index is 12.5. The van der Waals surface area contributed by atoms with Gasteiger partial charge >= 0.3 is 0 Å². The van der Waals surface area contributed by atoms with Crippen LogP contribution >= 0.6 is 0 Å². The minimum absolute atomic E-state index is 0.0889. The van der Waals surface area contributed by atoms with Crippen LogP contribution in [0, 0.1) is 12.8 Å². The van der Waals surface area contributed by atoms with E-state index in [0.29, 0.717) is 30.9 Å². The lowest BCUT2D eigenvalue weighted by atomic mass is 10.1. The number of aromatic nitrogens is 2. The number of amides is 1. The lowest BCUT2D eigenvalue weighted by Gasteiger charge is -2.15. The molecule has 0 bridgehead atoms. The van der Waals surface area contributed by atoms with Crippen LogP contribution < -0.4 is 5.14 Å². The average molecular weight is 348 g/mol. The molecule has 1 fully saturated rings. The van der Waals surface area contributed by atoms with Crippen molar-refractivity contribution in [3.05, 3.63) is 41.6 Å². The van der Waals surface area contributed by atoms with Crippen molar-refractivity contribution in [3.8, 4) is 11.3 Å². The second kappa shape index (κ2) is 6.37. The zero-order valence-electron chi connectivity index (χ0n) is 13.4. The van der Waals surface area contributed by atoms with Crippen LogP contribution in [-0.2, 0) is 10.0 Å². The summed E-state index contributed by atoms with van der Waals surface area (Å²) < 4.78 is 22.4. The summed E-state index contributed by atoms with van der Waals surface area (Å²) in [5.41, 5.74) is 3.20. The van der Waals surface area contributed by atoms with E-state index in [1.807, 2.05) is 31.2 Å². The third kappa shape index (κ3) is 3.82. The number of carbonyl (C=O) groups excluding carboxylic acids is 1. The molecule has 1 aliphatic rings. The lowest BCUT2D eigenvalue weighted by molar-refractivity contribution is 0.0782. The van der Waals surface area contributed by atoms with E-state index in [-0.39, 0.29) is 17.6 Å². The Balaban J connectivity index is 1.69. The fourth-order valence-corrected chi connectivity index (χ4v) is 3.88. The number of hydrogen-bond acceptors (Lipinski definition) is 4. The number of rotatable bonds is 4. The Morgan fingerprint density at radius 1 is 1.38 bits per heavy atom. The van der Waals surface area contributed by atoms with Crippen molar-refractivity contribution in [2.75, 3.05) is 18.8 Å². The molecule has 7 nitrogen and oxygen atoms in total. The summed E-state index contributed by atoms with van der Waals surface area (Å²) in [5.74, 6) is -0.366. The molecule has 1 amide bonds. The second-order valence-electron chi connectivity index (χ2n) is 6.27. The van der Waals surface area contributed by atoms with Crippen molar-refractivity contribution in [1.82, 2.24) is 15.1 Å². The number of nitrogens with two attached hydrogens (primary N) is 1. The zero-order chi connectivity index (χ0) is 17.3. The summed E-state index contributed by atoms with van der Waals surface area (Å²) >= 11 is 0. The van der Waals surface area contributed by atoms with E-state index in [0.717, 1.165) is 11.1 Å². The van der Waals surface area contributed by atoms with Gasteiger partial charge in [0, 0.05) is 18.7 Å². The quantitative estimate of drug-likeness (QED) is 0.863. The van der Waals surface area contributed by atoms with Crippen molar-refractivity contribution in [1.29, 1.82) is 0 Å². The fourth-order valence-electron chi connectivity index (χ4n) is 2.96. The van der Waals surface area contributed by atoms with E-state index in [9.17, 15) is 13.2 Å². The molecule has 0 saturated carbocycles. The van der Waals surface area contributed by atoms with Gasteiger partial charge in [-0.25, -0.2) is 13.6 Å². The van der Waals surface area contributed by atoms with Crippen molar-refractivity contribution in [2.45, 2.75) is 13.3 Å². The Hall–Kier alpha value is -2.19. The van der Waals surface area contributed by atoms with Crippen molar-refractivity contribution >= 4 is 15.9 Å². The maximum absolute atomic E-state index is 12.5. The van der Waals surface area contributed by atoms with E-state index in [4.69, 9.17) is 5.14 Å². The molecule has 1 aliphatic heterocycles. The van der Waals surface area contributed by atoms with E-state index < -0.39 is 10.0 Å². The lowest BCUT2D eigenvalue weighted by Crippen LogP contribution is -2.31. The monoisotopic (exact) mass is 348 g/mol. The van der Waals surface area contributed by atoms with Gasteiger partial charge in [-0.2, -0.15) is 5.10 Å². The van der Waals surface area contributed by atoms with E-state index in [1.54, 1.807) is 11.0 Å². The molecule has 1 saturated heterocycles. The number of nitrogens with zero attached hydrogens (tertiary/aromatic N) is 2. The van der Waals surface area contributed by atoms with Gasteiger partial charge in [0.25, 0.3) is 5.91 Å². The molecule has 0 unspecified atom stereocenters. The molecule has 1 aromatic heterocycles. The van der Waals surface area contributed by atoms with Gasteiger partial charge in [0.2, 0.25) is 10.0 Å². The molecule has 1 aromatic carbocycles. The number of H-pyrrole nitrogens is 1. The van der Waals surface area contributed by atoms with Crippen molar-refractivity contribution in [3.63, 3.8) is 0 Å². The minimum atomic E-state index is -3.51. The molecule has 24 heavy (non-hydrogen) atoms. The standard InChI is InChI=1S/C16H20N4O3S/c1-11-2-4-13(5-3-11)14-8-15(19-18-14)16(21)20-7-6-12(9-20)10-24(17,22)23/h2-5,8,12H,6-7,9-10H2,1H3,(H,18,19)(H2,17,22,23)/t12-/m1/s1. The second-order valence-corrected chi connectivity index (χ2v) is 7.93. The minimum Gasteiger partial charge on any atom is -0.337 e. The molecule has 1 atom stereocenters. The number of nitrogens with one attached hydrogen (secondary N) is 1. The molecule has 128 valence electrons. The number of aromatic amines is 1. The highest BCUT2D eigenvalue weighted by molar-refractivity contribution is 7.89. The summed E-state index contributed by atoms with van der Waals surface area (Å²) in [4.78, 5) is 14.2. The van der Waals surface area contributed by atoms with Crippen molar-refractivity contribution in [2.24, 2.45) is 11.1 Å². The van der Waals surface area contributed by atoms with Gasteiger partial charge < -0.3 is 4.90 Å². The zero-order valence-corrected chi connectivity index (χ0v) is 14.2. The first kappa shape index (κ1) is 16.7. The molecule has 3 rings (SSSR count). The molecule has 2 aromatic rings. The number of benzene rings is 1. The maximum Gasteiger partial charge on any atom is 0.271 e. The first-order valence-electron chi connectivity index (χ1n) is 7.74. The summed E-state index contributed by atoms with van der Waals surface area (Å²) in [5, 5.41) is 12.1. The third-order valence-electron chi connectivity index (χ3n) is 4.20. The summed E-state index contributed by atoms with van der Waals surface area (Å²) in [6, 6.07) is 9.61. The first-order valence-corrected chi connectivity index (χ1v) is 9.45. The SMILES string of the molecule is Cc1ccc(-c2cc(C(=O)N3CC[C@@H](CS(N)(=O)=O)C3)[nH]n2)cc1. The summed E-state index contributed by atoms with van der Waals surface area (Å²) in [7, 11) is -3.51. The van der Waals surface area contributed by atoms with Crippen LogP contribution in [0.15, 0.2) is 30.3 Å². The number of sulfonamides is 1. The largest absolute Gasteiger partial charge is 0.337 e. The Morgan fingerprint density at radius 2 is 2.08 bits per heavy atom. The predicted molar refractivity (Wildman–Crippen MR) is 90.7 cm³/mol. The van der Waals surface area contributed by atoms with Crippen LogP contribution in [0.2, 0.25) is 0 Å². The van der Waals surface area contributed by atoms with Gasteiger partial charge in [0.05, 0.1) is 11.4 Å². The molecule has 3 N–H and O–H groups in total.